The minimum Gasteiger partial charge on any atom is -0.487 e. The van der Waals surface area contributed by atoms with Crippen LogP contribution in [0.15, 0.2) is 68.7 Å². The largest absolute Gasteiger partial charge is 0.487 e. The van der Waals surface area contributed by atoms with Gasteiger partial charge >= 0.3 is 5.97 Å². The SMILES string of the molecule is C=CCOc1c(Br)cc(/C=C2\N=C(c3ccccc3C)OC2=O)cc1Br. The number of cyclic esters (lactones) is 1. The van der Waals surface area contributed by atoms with Crippen LogP contribution in [-0.4, -0.2) is 18.5 Å². The summed E-state index contributed by atoms with van der Waals surface area (Å²) in [4.78, 5) is 16.5. The van der Waals surface area contributed by atoms with Crippen LogP contribution in [0.4, 0.5) is 0 Å². The Labute approximate surface area is 168 Å². The molecular weight excluding hydrogens is 462 g/mol. The molecular formula is C20H15Br2NO3. The lowest BCUT2D eigenvalue weighted by atomic mass is 10.1. The maximum atomic E-state index is 12.2. The quantitative estimate of drug-likeness (QED) is 0.328. The third-order valence-corrected chi connectivity index (χ3v) is 4.84. The van der Waals surface area contributed by atoms with Gasteiger partial charge in [-0.1, -0.05) is 30.9 Å². The van der Waals surface area contributed by atoms with Crippen LogP contribution in [0, 0.1) is 6.92 Å². The van der Waals surface area contributed by atoms with E-state index in [1.54, 1.807) is 12.2 Å². The van der Waals surface area contributed by atoms with E-state index < -0.39 is 5.97 Å². The van der Waals surface area contributed by atoms with Gasteiger partial charge in [-0.25, -0.2) is 9.79 Å². The second kappa shape index (κ2) is 8.01. The van der Waals surface area contributed by atoms with Gasteiger partial charge in [0, 0.05) is 5.56 Å². The van der Waals surface area contributed by atoms with Crippen molar-refractivity contribution in [3.05, 3.63) is 80.4 Å². The van der Waals surface area contributed by atoms with Crippen LogP contribution in [0.25, 0.3) is 6.08 Å². The number of halogens is 2. The van der Waals surface area contributed by atoms with E-state index >= 15 is 0 Å². The van der Waals surface area contributed by atoms with Crippen molar-refractivity contribution >= 4 is 49.8 Å². The molecule has 0 N–H and O–H groups in total. The van der Waals surface area contributed by atoms with E-state index in [1.165, 1.54) is 0 Å². The molecule has 1 aliphatic heterocycles. The number of ether oxygens (including phenoxy) is 2. The number of carbonyl (C=O) groups is 1. The van der Waals surface area contributed by atoms with Crippen LogP contribution >= 0.6 is 31.9 Å². The highest BCUT2D eigenvalue weighted by molar-refractivity contribution is 9.11. The van der Waals surface area contributed by atoms with Crippen LogP contribution in [-0.2, 0) is 9.53 Å². The van der Waals surface area contributed by atoms with Gasteiger partial charge in [0.05, 0.1) is 8.95 Å². The molecule has 1 aliphatic rings. The summed E-state index contributed by atoms with van der Waals surface area (Å²) in [5, 5.41) is 0. The molecule has 0 bridgehead atoms. The van der Waals surface area contributed by atoms with Crippen molar-refractivity contribution in [1.82, 2.24) is 0 Å². The van der Waals surface area contributed by atoms with E-state index in [4.69, 9.17) is 9.47 Å². The monoisotopic (exact) mass is 475 g/mol. The molecule has 4 nitrogen and oxygen atoms in total. The lowest BCUT2D eigenvalue weighted by Crippen LogP contribution is -2.06. The number of nitrogens with zero attached hydrogens (tertiary/aromatic N) is 1. The van der Waals surface area contributed by atoms with E-state index in [9.17, 15) is 4.79 Å². The van der Waals surface area contributed by atoms with Crippen LogP contribution in [0.1, 0.15) is 16.7 Å². The highest BCUT2D eigenvalue weighted by Gasteiger charge is 2.25. The summed E-state index contributed by atoms with van der Waals surface area (Å²) in [5.74, 6) is 0.524. The van der Waals surface area contributed by atoms with Crippen LogP contribution in [0.5, 0.6) is 5.75 Å². The number of hydrogen-bond acceptors (Lipinski definition) is 4. The van der Waals surface area contributed by atoms with Gasteiger partial charge in [-0.3, -0.25) is 0 Å². The third kappa shape index (κ3) is 3.97. The normalized spacial score (nSPS) is 15.0. The molecule has 132 valence electrons. The molecule has 0 saturated heterocycles. The second-order valence-corrected chi connectivity index (χ2v) is 7.27. The Morgan fingerprint density at radius 2 is 1.92 bits per heavy atom. The Hall–Kier alpha value is -2.18. The summed E-state index contributed by atoms with van der Waals surface area (Å²) in [5.41, 5.74) is 2.84. The van der Waals surface area contributed by atoms with Gasteiger partial charge in [-0.05, 0) is 74.2 Å². The zero-order valence-corrected chi connectivity index (χ0v) is 17.1. The highest BCUT2D eigenvalue weighted by atomic mass is 79.9. The molecule has 0 aromatic heterocycles. The number of hydrogen-bond donors (Lipinski definition) is 0. The first-order valence-corrected chi connectivity index (χ1v) is 9.39. The molecule has 0 amide bonds. The van der Waals surface area contributed by atoms with Crippen molar-refractivity contribution in [3.8, 4) is 5.75 Å². The number of esters is 1. The summed E-state index contributed by atoms with van der Waals surface area (Å²) in [6.07, 6.45) is 3.35. The van der Waals surface area contributed by atoms with Gasteiger partial charge in [0.15, 0.2) is 5.70 Å². The first-order chi connectivity index (χ1) is 12.5. The van der Waals surface area contributed by atoms with Gasteiger partial charge in [0.2, 0.25) is 5.90 Å². The predicted molar refractivity (Wildman–Crippen MR) is 109 cm³/mol. The van der Waals surface area contributed by atoms with Crippen LogP contribution in [0.3, 0.4) is 0 Å². The Balaban J connectivity index is 1.93. The third-order valence-electron chi connectivity index (χ3n) is 3.67. The molecule has 6 heteroatoms. The van der Waals surface area contributed by atoms with E-state index in [0.717, 1.165) is 25.6 Å². The van der Waals surface area contributed by atoms with Crippen molar-refractivity contribution in [3.63, 3.8) is 0 Å². The summed E-state index contributed by atoms with van der Waals surface area (Å²) in [6.45, 7) is 5.98. The molecule has 2 aromatic rings. The van der Waals surface area contributed by atoms with Crippen LogP contribution in [0.2, 0.25) is 0 Å². The molecule has 0 spiro atoms. The lowest BCUT2D eigenvalue weighted by Gasteiger charge is -2.09. The van der Waals surface area contributed by atoms with E-state index in [0.29, 0.717) is 18.3 Å². The molecule has 0 radical (unpaired) electrons. The van der Waals surface area contributed by atoms with Crippen molar-refractivity contribution in [1.29, 1.82) is 0 Å². The van der Waals surface area contributed by atoms with Gasteiger partial charge in [-0.2, -0.15) is 0 Å². The Bertz CT molecular complexity index is 925. The topological polar surface area (TPSA) is 47.9 Å². The first-order valence-electron chi connectivity index (χ1n) is 7.81. The Kier molecular flexibility index (Phi) is 5.74. The lowest BCUT2D eigenvalue weighted by molar-refractivity contribution is -0.129. The Morgan fingerprint density at radius 1 is 1.23 bits per heavy atom. The second-order valence-electron chi connectivity index (χ2n) is 5.56. The molecule has 1 heterocycles. The standard InChI is InChI=1S/C20H15Br2NO3/c1-3-8-25-18-15(21)9-13(10-16(18)22)11-17-20(24)26-19(23-17)14-7-5-4-6-12(14)2/h3-7,9-11H,1,8H2,2H3/b17-11-. The van der Waals surface area contributed by atoms with Gasteiger partial charge < -0.3 is 9.47 Å². The van der Waals surface area contributed by atoms with Gasteiger partial charge in [0.1, 0.15) is 12.4 Å². The van der Waals surface area contributed by atoms with Gasteiger partial charge in [-0.15, -0.1) is 0 Å². The molecule has 0 aliphatic carbocycles. The number of carbonyl (C=O) groups excluding carboxylic acids is 1. The van der Waals surface area contributed by atoms with Crippen molar-refractivity contribution in [2.75, 3.05) is 6.61 Å². The maximum absolute atomic E-state index is 12.2. The first kappa shape index (κ1) is 18.6. The van der Waals surface area contributed by atoms with Crippen molar-refractivity contribution in [2.24, 2.45) is 4.99 Å². The summed E-state index contributed by atoms with van der Waals surface area (Å²) < 4.78 is 12.5. The molecule has 0 atom stereocenters. The summed E-state index contributed by atoms with van der Waals surface area (Å²) in [7, 11) is 0. The smallest absolute Gasteiger partial charge is 0.363 e. The molecule has 26 heavy (non-hydrogen) atoms. The molecule has 0 unspecified atom stereocenters. The van der Waals surface area contributed by atoms with Gasteiger partial charge in [0.25, 0.3) is 0 Å². The average Bonchev–Trinajstić information content (AvgIpc) is 2.95. The van der Waals surface area contributed by atoms with E-state index in [-0.39, 0.29) is 5.70 Å². The molecule has 3 rings (SSSR count). The summed E-state index contributed by atoms with van der Waals surface area (Å²) >= 11 is 6.96. The fourth-order valence-electron chi connectivity index (χ4n) is 2.44. The van der Waals surface area contributed by atoms with Crippen molar-refractivity contribution in [2.45, 2.75) is 6.92 Å². The van der Waals surface area contributed by atoms with E-state index in [1.807, 2.05) is 43.3 Å². The highest BCUT2D eigenvalue weighted by Crippen LogP contribution is 2.35. The minimum absolute atomic E-state index is 0.252. The minimum atomic E-state index is -0.470. The molecule has 0 fully saturated rings. The molecule has 2 aromatic carbocycles. The number of aryl methyl sites for hydroxylation is 1. The fourth-order valence-corrected chi connectivity index (χ4v) is 3.89. The van der Waals surface area contributed by atoms with Crippen molar-refractivity contribution < 1.29 is 14.3 Å². The Morgan fingerprint density at radius 3 is 2.58 bits per heavy atom. The summed E-state index contributed by atoms with van der Waals surface area (Å²) in [6, 6.07) is 11.3. The zero-order chi connectivity index (χ0) is 18.7. The van der Waals surface area contributed by atoms with E-state index in [2.05, 4.69) is 43.4 Å². The fraction of sp³-hybridized carbons (Fsp3) is 0.100. The predicted octanol–water partition coefficient (Wildman–Crippen LogP) is 5.43. The maximum Gasteiger partial charge on any atom is 0.363 e. The number of rotatable bonds is 5. The molecule has 0 saturated carbocycles. The van der Waals surface area contributed by atoms with Crippen LogP contribution < -0.4 is 4.74 Å². The number of benzene rings is 2. The number of aliphatic imine (C=N–C) groups is 1. The average molecular weight is 477 g/mol. The zero-order valence-electron chi connectivity index (χ0n) is 14.0.